The van der Waals surface area contributed by atoms with Gasteiger partial charge in [0.25, 0.3) is 0 Å². The number of rotatable bonds is 7. The van der Waals surface area contributed by atoms with Gasteiger partial charge in [-0.3, -0.25) is 9.69 Å². The van der Waals surface area contributed by atoms with Crippen LogP contribution in [-0.2, 0) is 9.53 Å². The Labute approximate surface area is 147 Å². The first-order valence-electron chi connectivity index (χ1n) is 7.81. The molecule has 0 aromatic carbocycles. The summed E-state index contributed by atoms with van der Waals surface area (Å²) >= 11 is 0. The van der Waals surface area contributed by atoms with Crippen LogP contribution in [0.25, 0.3) is 0 Å². The molecule has 1 amide bonds. The molecular weight excluding hydrogens is 325 g/mol. The second-order valence-electron chi connectivity index (χ2n) is 6.16. The SMILES string of the molecule is CC1CN(CCCCNC(=O)C(C)C(C)N)CC(C)O1.Cl.Cl. The van der Waals surface area contributed by atoms with E-state index in [-0.39, 0.29) is 42.7 Å². The second-order valence-corrected chi connectivity index (χ2v) is 6.16. The average Bonchev–Trinajstić information content (AvgIpc) is 2.35. The minimum absolute atomic E-state index is 0. The standard InChI is InChI=1S/C15H31N3O2.2ClH/c1-11-9-18(10-12(2)20-11)8-6-5-7-17-15(19)13(3)14(4)16;;/h11-14H,5-10,16H2,1-4H3,(H,17,19);2*1H. The Morgan fingerprint density at radius 1 is 1.23 bits per heavy atom. The molecule has 0 aliphatic carbocycles. The molecule has 1 rings (SSSR count). The van der Waals surface area contributed by atoms with Gasteiger partial charge in [-0.1, -0.05) is 6.92 Å². The zero-order chi connectivity index (χ0) is 15.1. The summed E-state index contributed by atoms with van der Waals surface area (Å²) < 4.78 is 5.71. The van der Waals surface area contributed by atoms with Gasteiger partial charge in [0.05, 0.1) is 12.2 Å². The van der Waals surface area contributed by atoms with Crippen molar-refractivity contribution in [3.63, 3.8) is 0 Å². The third-order valence-corrected chi connectivity index (χ3v) is 3.90. The Kier molecular flexibility index (Phi) is 13.6. The number of ether oxygens (including phenoxy) is 1. The smallest absolute Gasteiger partial charge is 0.224 e. The minimum Gasteiger partial charge on any atom is -0.373 e. The molecule has 1 saturated heterocycles. The molecule has 0 saturated carbocycles. The molecule has 0 radical (unpaired) electrons. The van der Waals surface area contributed by atoms with Crippen molar-refractivity contribution in [2.75, 3.05) is 26.2 Å². The summed E-state index contributed by atoms with van der Waals surface area (Å²) in [4.78, 5) is 14.2. The molecule has 1 aliphatic heterocycles. The van der Waals surface area contributed by atoms with Gasteiger partial charge in [0.2, 0.25) is 5.91 Å². The number of carbonyl (C=O) groups excluding carboxylic acids is 1. The second kappa shape index (κ2) is 12.4. The number of amides is 1. The molecule has 5 nitrogen and oxygen atoms in total. The summed E-state index contributed by atoms with van der Waals surface area (Å²) in [6.07, 6.45) is 2.76. The van der Waals surface area contributed by atoms with Crippen molar-refractivity contribution in [2.24, 2.45) is 11.7 Å². The van der Waals surface area contributed by atoms with Crippen molar-refractivity contribution >= 4 is 30.7 Å². The number of halogens is 2. The van der Waals surface area contributed by atoms with Gasteiger partial charge in [-0.25, -0.2) is 0 Å². The Balaban J connectivity index is 0. The van der Waals surface area contributed by atoms with Gasteiger partial charge in [0.15, 0.2) is 0 Å². The molecule has 4 atom stereocenters. The lowest BCUT2D eigenvalue weighted by molar-refractivity contribution is -0.124. The van der Waals surface area contributed by atoms with Crippen molar-refractivity contribution in [1.29, 1.82) is 0 Å². The zero-order valence-corrected chi connectivity index (χ0v) is 15.8. The number of hydrogen-bond donors (Lipinski definition) is 2. The van der Waals surface area contributed by atoms with E-state index in [0.717, 1.165) is 39.0 Å². The number of nitrogens with one attached hydrogen (secondary N) is 1. The summed E-state index contributed by atoms with van der Waals surface area (Å²) in [6.45, 7) is 11.8. The quantitative estimate of drug-likeness (QED) is 0.682. The molecular formula is C15H33Cl2N3O2. The number of nitrogens with two attached hydrogens (primary N) is 1. The highest BCUT2D eigenvalue weighted by Crippen LogP contribution is 2.11. The Morgan fingerprint density at radius 3 is 2.27 bits per heavy atom. The van der Waals surface area contributed by atoms with E-state index < -0.39 is 0 Å². The average molecular weight is 358 g/mol. The molecule has 1 fully saturated rings. The highest BCUT2D eigenvalue weighted by atomic mass is 35.5. The highest BCUT2D eigenvalue weighted by Gasteiger charge is 2.21. The molecule has 1 aliphatic rings. The van der Waals surface area contributed by atoms with Gasteiger partial charge in [-0.15, -0.1) is 24.8 Å². The highest BCUT2D eigenvalue weighted by molar-refractivity contribution is 5.85. The molecule has 3 N–H and O–H groups in total. The monoisotopic (exact) mass is 357 g/mol. The lowest BCUT2D eigenvalue weighted by Gasteiger charge is -2.35. The van der Waals surface area contributed by atoms with Gasteiger partial charge in [0, 0.05) is 31.6 Å². The van der Waals surface area contributed by atoms with E-state index in [9.17, 15) is 4.79 Å². The molecule has 0 spiro atoms. The molecule has 0 bridgehead atoms. The van der Waals surface area contributed by atoms with E-state index in [4.69, 9.17) is 10.5 Å². The molecule has 4 unspecified atom stereocenters. The summed E-state index contributed by atoms with van der Waals surface area (Å²) in [5, 5.41) is 2.96. The first kappa shape index (κ1) is 24.2. The first-order valence-corrected chi connectivity index (χ1v) is 7.81. The van der Waals surface area contributed by atoms with Crippen molar-refractivity contribution in [3.8, 4) is 0 Å². The van der Waals surface area contributed by atoms with Crippen LogP contribution in [-0.4, -0.2) is 55.2 Å². The summed E-state index contributed by atoms with van der Waals surface area (Å²) in [7, 11) is 0. The Hall–Kier alpha value is -0.0700. The summed E-state index contributed by atoms with van der Waals surface area (Å²) in [6, 6.07) is -0.0914. The van der Waals surface area contributed by atoms with Gasteiger partial charge in [0.1, 0.15) is 0 Å². The zero-order valence-electron chi connectivity index (χ0n) is 14.2. The molecule has 0 aromatic heterocycles. The molecule has 0 aromatic rings. The first-order chi connectivity index (χ1) is 9.40. The van der Waals surface area contributed by atoms with Crippen LogP contribution < -0.4 is 11.1 Å². The lowest BCUT2D eigenvalue weighted by atomic mass is 10.0. The Morgan fingerprint density at radius 2 is 1.77 bits per heavy atom. The number of nitrogens with zero attached hydrogens (tertiary/aromatic N) is 1. The van der Waals surface area contributed by atoms with Crippen LogP contribution in [0.2, 0.25) is 0 Å². The molecule has 7 heteroatoms. The van der Waals surface area contributed by atoms with E-state index in [1.54, 1.807) is 0 Å². The van der Waals surface area contributed by atoms with Gasteiger partial charge < -0.3 is 15.8 Å². The van der Waals surface area contributed by atoms with Crippen molar-refractivity contribution in [1.82, 2.24) is 10.2 Å². The fraction of sp³-hybridized carbons (Fsp3) is 0.933. The van der Waals surface area contributed by atoms with Crippen LogP contribution in [0.15, 0.2) is 0 Å². The number of hydrogen-bond acceptors (Lipinski definition) is 4. The van der Waals surface area contributed by atoms with Crippen LogP contribution in [0.1, 0.15) is 40.5 Å². The third-order valence-electron chi connectivity index (χ3n) is 3.90. The predicted octanol–water partition coefficient (Wildman–Crippen LogP) is 1.82. The van der Waals surface area contributed by atoms with Crippen LogP contribution in [0.5, 0.6) is 0 Å². The van der Waals surface area contributed by atoms with Crippen molar-refractivity contribution in [3.05, 3.63) is 0 Å². The van der Waals surface area contributed by atoms with E-state index in [0.29, 0.717) is 12.2 Å². The largest absolute Gasteiger partial charge is 0.373 e. The predicted molar refractivity (Wildman–Crippen MR) is 96.0 cm³/mol. The van der Waals surface area contributed by atoms with Crippen LogP contribution in [0.4, 0.5) is 0 Å². The van der Waals surface area contributed by atoms with E-state index in [1.165, 1.54) is 0 Å². The van der Waals surface area contributed by atoms with E-state index >= 15 is 0 Å². The van der Waals surface area contributed by atoms with Gasteiger partial charge in [-0.05, 0) is 40.2 Å². The van der Waals surface area contributed by atoms with E-state index in [2.05, 4.69) is 24.1 Å². The lowest BCUT2D eigenvalue weighted by Crippen LogP contribution is -2.45. The fourth-order valence-corrected chi connectivity index (χ4v) is 2.54. The normalized spacial score (nSPS) is 24.6. The maximum Gasteiger partial charge on any atom is 0.224 e. The topological polar surface area (TPSA) is 67.6 Å². The Bertz CT molecular complexity index is 297. The van der Waals surface area contributed by atoms with Crippen LogP contribution >= 0.6 is 24.8 Å². The third kappa shape index (κ3) is 9.16. The maximum atomic E-state index is 11.7. The molecule has 1 heterocycles. The summed E-state index contributed by atoms with van der Waals surface area (Å²) in [5.74, 6) is -0.0513. The molecule has 22 heavy (non-hydrogen) atoms. The van der Waals surface area contributed by atoms with Crippen molar-refractivity contribution in [2.45, 2.75) is 58.8 Å². The molecule has 134 valence electrons. The van der Waals surface area contributed by atoms with E-state index in [1.807, 2.05) is 13.8 Å². The number of carbonyl (C=O) groups is 1. The van der Waals surface area contributed by atoms with Crippen molar-refractivity contribution < 1.29 is 9.53 Å². The number of morpholine rings is 1. The maximum absolute atomic E-state index is 11.7. The van der Waals surface area contributed by atoms with Gasteiger partial charge in [-0.2, -0.15) is 0 Å². The minimum atomic E-state index is -0.115. The van der Waals surface area contributed by atoms with Gasteiger partial charge >= 0.3 is 0 Å². The van der Waals surface area contributed by atoms with Crippen LogP contribution in [0, 0.1) is 5.92 Å². The van der Waals surface area contributed by atoms with Crippen LogP contribution in [0.3, 0.4) is 0 Å². The summed E-state index contributed by atoms with van der Waals surface area (Å²) in [5.41, 5.74) is 5.71. The fourth-order valence-electron chi connectivity index (χ4n) is 2.54. The number of unbranched alkanes of at least 4 members (excludes halogenated alkanes) is 1.